The topological polar surface area (TPSA) is 49.8 Å². The number of hydrogen-bond donors (Lipinski definition) is 2. The zero-order valence-electron chi connectivity index (χ0n) is 10.3. The van der Waals surface area contributed by atoms with Gasteiger partial charge in [-0.05, 0) is 6.92 Å². The summed E-state index contributed by atoms with van der Waals surface area (Å²) in [5.41, 5.74) is 0.287. The molecule has 0 fully saturated rings. The standard InChI is InChI=1S/C12H11F3N4/c1-6-11(16-2)17-5-18-12(6)19-9-4-7(13)3-8(14)10(9)15/h3-5H,1-2H3,(H2,16,17,18,19). The Morgan fingerprint density at radius 3 is 2.42 bits per heavy atom. The molecule has 7 heteroatoms. The van der Waals surface area contributed by atoms with E-state index in [0.29, 0.717) is 17.4 Å². The number of benzene rings is 1. The average Bonchev–Trinajstić information content (AvgIpc) is 2.37. The molecule has 0 aliphatic rings. The van der Waals surface area contributed by atoms with Crippen LogP contribution in [-0.4, -0.2) is 17.0 Å². The Labute approximate surface area is 107 Å². The van der Waals surface area contributed by atoms with E-state index in [2.05, 4.69) is 20.6 Å². The van der Waals surface area contributed by atoms with Gasteiger partial charge in [0, 0.05) is 24.7 Å². The van der Waals surface area contributed by atoms with Gasteiger partial charge in [-0.3, -0.25) is 0 Å². The quantitative estimate of drug-likeness (QED) is 0.840. The Balaban J connectivity index is 2.42. The fourth-order valence-corrected chi connectivity index (χ4v) is 1.60. The lowest BCUT2D eigenvalue weighted by atomic mass is 10.2. The minimum atomic E-state index is -1.26. The van der Waals surface area contributed by atoms with Gasteiger partial charge in [-0.2, -0.15) is 0 Å². The Kier molecular flexibility index (Phi) is 3.55. The van der Waals surface area contributed by atoms with E-state index in [1.54, 1.807) is 14.0 Å². The maximum atomic E-state index is 13.5. The highest BCUT2D eigenvalue weighted by molar-refractivity contribution is 5.64. The lowest BCUT2D eigenvalue weighted by molar-refractivity contribution is 0.498. The fourth-order valence-electron chi connectivity index (χ4n) is 1.60. The molecule has 1 heterocycles. The van der Waals surface area contributed by atoms with Gasteiger partial charge in [0.2, 0.25) is 0 Å². The van der Waals surface area contributed by atoms with Crippen LogP contribution in [0.4, 0.5) is 30.5 Å². The predicted octanol–water partition coefficient (Wildman–Crippen LogP) is 2.99. The van der Waals surface area contributed by atoms with Crippen LogP contribution in [0.3, 0.4) is 0 Å². The Morgan fingerprint density at radius 2 is 1.74 bits per heavy atom. The van der Waals surface area contributed by atoms with E-state index >= 15 is 0 Å². The fraction of sp³-hybridized carbons (Fsp3) is 0.167. The van der Waals surface area contributed by atoms with Crippen molar-refractivity contribution in [3.63, 3.8) is 0 Å². The summed E-state index contributed by atoms with van der Waals surface area (Å²) in [6, 6.07) is 1.34. The monoisotopic (exact) mass is 268 g/mol. The highest BCUT2D eigenvalue weighted by Crippen LogP contribution is 2.25. The van der Waals surface area contributed by atoms with Crippen LogP contribution in [0.1, 0.15) is 5.56 Å². The van der Waals surface area contributed by atoms with Crippen molar-refractivity contribution in [2.45, 2.75) is 6.92 Å². The second kappa shape index (κ2) is 5.13. The van der Waals surface area contributed by atoms with Crippen LogP contribution in [0, 0.1) is 24.4 Å². The molecule has 0 spiro atoms. The number of halogens is 3. The first-order valence-corrected chi connectivity index (χ1v) is 5.44. The van der Waals surface area contributed by atoms with Crippen molar-refractivity contribution in [2.75, 3.05) is 17.7 Å². The minimum absolute atomic E-state index is 0.267. The molecule has 1 aromatic carbocycles. The molecule has 0 aliphatic heterocycles. The van der Waals surface area contributed by atoms with E-state index in [-0.39, 0.29) is 11.5 Å². The van der Waals surface area contributed by atoms with Crippen molar-refractivity contribution >= 4 is 17.3 Å². The van der Waals surface area contributed by atoms with Crippen LogP contribution in [0.2, 0.25) is 0 Å². The maximum absolute atomic E-state index is 13.5. The molecule has 0 bridgehead atoms. The van der Waals surface area contributed by atoms with Gasteiger partial charge >= 0.3 is 0 Å². The lowest BCUT2D eigenvalue weighted by Crippen LogP contribution is -2.04. The molecule has 2 N–H and O–H groups in total. The van der Waals surface area contributed by atoms with Crippen LogP contribution >= 0.6 is 0 Å². The van der Waals surface area contributed by atoms with Gasteiger partial charge in [-0.1, -0.05) is 0 Å². The number of rotatable bonds is 3. The van der Waals surface area contributed by atoms with E-state index in [1.807, 2.05) is 0 Å². The summed E-state index contributed by atoms with van der Waals surface area (Å²) < 4.78 is 39.7. The summed E-state index contributed by atoms with van der Waals surface area (Å²) in [5.74, 6) is -2.49. The van der Waals surface area contributed by atoms with Gasteiger partial charge in [0.1, 0.15) is 23.8 Å². The van der Waals surface area contributed by atoms with E-state index in [0.717, 1.165) is 6.07 Å². The first kappa shape index (κ1) is 13.1. The third-order valence-electron chi connectivity index (χ3n) is 2.57. The van der Waals surface area contributed by atoms with Gasteiger partial charge in [-0.15, -0.1) is 0 Å². The van der Waals surface area contributed by atoms with E-state index in [4.69, 9.17) is 0 Å². The molecular weight excluding hydrogens is 257 g/mol. The normalized spacial score (nSPS) is 10.4. The first-order valence-electron chi connectivity index (χ1n) is 5.44. The number of anilines is 3. The van der Waals surface area contributed by atoms with Crippen molar-refractivity contribution in [1.29, 1.82) is 0 Å². The van der Waals surface area contributed by atoms with Crippen molar-refractivity contribution in [1.82, 2.24) is 9.97 Å². The SMILES string of the molecule is CNc1ncnc(Nc2cc(F)cc(F)c2F)c1C. The Bertz CT molecular complexity index is 616. The summed E-state index contributed by atoms with van der Waals surface area (Å²) >= 11 is 0. The highest BCUT2D eigenvalue weighted by Gasteiger charge is 2.13. The van der Waals surface area contributed by atoms with Crippen LogP contribution in [0.5, 0.6) is 0 Å². The molecular formula is C12H11F3N4. The van der Waals surface area contributed by atoms with Crippen molar-refractivity contribution in [3.05, 3.63) is 41.5 Å². The van der Waals surface area contributed by atoms with E-state index in [1.165, 1.54) is 6.33 Å². The molecule has 0 saturated carbocycles. The zero-order valence-corrected chi connectivity index (χ0v) is 10.3. The van der Waals surface area contributed by atoms with Crippen LogP contribution < -0.4 is 10.6 Å². The van der Waals surface area contributed by atoms with E-state index < -0.39 is 17.5 Å². The minimum Gasteiger partial charge on any atom is -0.373 e. The van der Waals surface area contributed by atoms with E-state index in [9.17, 15) is 13.2 Å². The summed E-state index contributed by atoms with van der Waals surface area (Å²) in [6.07, 6.45) is 1.26. The van der Waals surface area contributed by atoms with Gasteiger partial charge < -0.3 is 10.6 Å². The average molecular weight is 268 g/mol. The highest BCUT2D eigenvalue weighted by atomic mass is 19.2. The summed E-state index contributed by atoms with van der Waals surface area (Å²) in [7, 11) is 1.67. The number of nitrogens with one attached hydrogen (secondary N) is 2. The van der Waals surface area contributed by atoms with Crippen LogP contribution in [-0.2, 0) is 0 Å². The molecule has 100 valence electrons. The smallest absolute Gasteiger partial charge is 0.182 e. The molecule has 0 aliphatic carbocycles. The molecule has 4 nitrogen and oxygen atoms in total. The van der Waals surface area contributed by atoms with Gasteiger partial charge in [0.15, 0.2) is 11.6 Å². The van der Waals surface area contributed by atoms with Gasteiger partial charge in [0.25, 0.3) is 0 Å². The largest absolute Gasteiger partial charge is 0.373 e. The Hall–Kier alpha value is -2.31. The zero-order chi connectivity index (χ0) is 14.0. The summed E-state index contributed by atoms with van der Waals surface area (Å²) in [5, 5.41) is 5.38. The third kappa shape index (κ3) is 2.59. The molecule has 0 saturated heterocycles. The molecule has 19 heavy (non-hydrogen) atoms. The van der Waals surface area contributed by atoms with Crippen LogP contribution in [0.15, 0.2) is 18.5 Å². The predicted molar refractivity (Wildman–Crippen MR) is 65.9 cm³/mol. The van der Waals surface area contributed by atoms with Crippen molar-refractivity contribution in [2.24, 2.45) is 0 Å². The van der Waals surface area contributed by atoms with Crippen molar-refractivity contribution in [3.8, 4) is 0 Å². The van der Waals surface area contributed by atoms with Crippen LogP contribution in [0.25, 0.3) is 0 Å². The lowest BCUT2D eigenvalue weighted by Gasteiger charge is -2.12. The second-order valence-electron chi connectivity index (χ2n) is 3.82. The van der Waals surface area contributed by atoms with Crippen molar-refractivity contribution < 1.29 is 13.2 Å². The van der Waals surface area contributed by atoms with Gasteiger partial charge in [0.05, 0.1) is 5.69 Å². The molecule has 0 unspecified atom stereocenters. The molecule has 1 aromatic heterocycles. The number of hydrogen-bond acceptors (Lipinski definition) is 4. The molecule has 2 rings (SSSR count). The summed E-state index contributed by atoms with van der Waals surface area (Å²) in [6.45, 7) is 1.70. The third-order valence-corrected chi connectivity index (χ3v) is 2.57. The molecule has 0 amide bonds. The first-order chi connectivity index (χ1) is 9.02. The number of nitrogens with zero attached hydrogens (tertiary/aromatic N) is 2. The second-order valence-corrected chi connectivity index (χ2v) is 3.82. The maximum Gasteiger partial charge on any atom is 0.182 e. The molecule has 0 atom stereocenters. The molecule has 2 aromatic rings. The summed E-state index contributed by atoms with van der Waals surface area (Å²) in [4.78, 5) is 7.86. The molecule has 0 radical (unpaired) electrons. The van der Waals surface area contributed by atoms with Gasteiger partial charge in [-0.25, -0.2) is 23.1 Å². The Morgan fingerprint density at radius 1 is 1.05 bits per heavy atom. The number of aromatic nitrogens is 2.